The molecule has 94 valence electrons. The van der Waals surface area contributed by atoms with Gasteiger partial charge in [-0.25, -0.2) is 4.98 Å². The minimum Gasteiger partial charge on any atom is -0.316 e. The van der Waals surface area contributed by atoms with Crippen molar-refractivity contribution in [2.24, 2.45) is 0 Å². The topological polar surface area (TPSA) is 50.7 Å². The van der Waals surface area contributed by atoms with Gasteiger partial charge >= 0.3 is 0 Å². The lowest BCUT2D eigenvalue weighted by molar-refractivity contribution is 0.933. The smallest absolute Gasteiger partial charge is 0.268 e. The number of nitrogens with zero attached hydrogens (tertiary/aromatic N) is 2. The number of fused-ring (bicyclic) bond motifs is 1. The van der Waals surface area contributed by atoms with E-state index in [1.54, 1.807) is 18.3 Å². The molecule has 3 rings (SSSR count). The SMILES string of the molecule is Cc1ccc(-n2c(=S)[nH]c3ncccc3c2=O)cc1. The Balaban J connectivity index is 2.39. The van der Waals surface area contributed by atoms with Gasteiger partial charge in [0.05, 0.1) is 11.1 Å². The van der Waals surface area contributed by atoms with Gasteiger partial charge in [-0.1, -0.05) is 17.7 Å². The number of aromatic nitrogens is 3. The highest BCUT2D eigenvalue weighted by molar-refractivity contribution is 7.71. The van der Waals surface area contributed by atoms with Gasteiger partial charge < -0.3 is 4.98 Å². The normalized spacial score (nSPS) is 10.8. The largest absolute Gasteiger partial charge is 0.316 e. The highest BCUT2D eigenvalue weighted by Crippen LogP contribution is 2.10. The van der Waals surface area contributed by atoms with E-state index in [0.717, 1.165) is 11.3 Å². The molecule has 0 aliphatic carbocycles. The molecule has 0 saturated carbocycles. The van der Waals surface area contributed by atoms with Crippen LogP contribution in [0.5, 0.6) is 0 Å². The van der Waals surface area contributed by atoms with E-state index < -0.39 is 0 Å². The van der Waals surface area contributed by atoms with Crippen LogP contribution in [0.1, 0.15) is 5.56 Å². The van der Waals surface area contributed by atoms with E-state index in [0.29, 0.717) is 15.8 Å². The van der Waals surface area contributed by atoms with Gasteiger partial charge in [-0.15, -0.1) is 0 Å². The van der Waals surface area contributed by atoms with Crippen molar-refractivity contribution in [3.63, 3.8) is 0 Å². The minimum absolute atomic E-state index is 0.157. The van der Waals surface area contributed by atoms with Crippen molar-refractivity contribution in [1.29, 1.82) is 0 Å². The van der Waals surface area contributed by atoms with Crippen molar-refractivity contribution in [3.05, 3.63) is 63.3 Å². The average Bonchev–Trinajstić information content (AvgIpc) is 2.41. The summed E-state index contributed by atoms with van der Waals surface area (Å²) >= 11 is 5.25. The Bertz CT molecular complexity index is 862. The summed E-state index contributed by atoms with van der Waals surface area (Å²) in [5.74, 6) is 0. The van der Waals surface area contributed by atoms with Crippen LogP contribution >= 0.6 is 12.2 Å². The number of benzene rings is 1. The second-order valence-electron chi connectivity index (χ2n) is 4.31. The van der Waals surface area contributed by atoms with Crippen LogP contribution in [0.3, 0.4) is 0 Å². The van der Waals surface area contributed by atoms with Crippen LogP contribution in [-0.2, 0) is 0 Å². The van der Waals surface area contributed by atoms with Gasteiger partial charge in [-0.2, -0.15) is 0 Å². The van der Waals surface area contributed by atoms with E-state index in [9.17, 15) is 4.79 Å². The van der Waals surface area contributed by atoms with Crippen molar-refractivity contribution in [2.75, 3.05) is 0 Å². The zero-order valence-corrected chi connectivity index (χ0v) is 11.1. The monoisotopic (exact) mass is 269 g/mol. The molecule has 5 heteroatoms. The van der Waals surface area contributed by atoms with E-state index in [2.05, 4.69) is 9.97 Å². The predicted octanol–water partition coefficient (Wildman–Crippen LogP) is 2.75. The van der Waals surface area contributed by atoms with Crippen molar-refractivity contribution in [1.82, 2.24) is 14.5 Å². The van der Waals surface area contributed by atoms with Crippen molar-refractivity contribution in [2.45, 2.75) is 6.92 Å². The van der Waals surface area contributed by atoms with Gasteiger partial charge in [-0.3, -0.25) is 9.36 Å². The first-order chi connectivity index (χ1) is 9.16. The maximum atomic E-state index is 12.5. The number of rotatable bonds is 1. The molecule has 0 fully saturated rings. The number of aryl methyl sites for hydroxylation is 1. The molecule has 19 heavy (non-hydrogen) atoms. The predicted molar refractivity (Wildman–Crippen MR) is 77.3 cm³/mol. The summed E-state index contributed by atoms with van der Waals surface area (Å²) < 4.78 is 1.83. The van der Waals surface area contributed by atoms with Crippen LogP contribution in [0.15, 0.2) is 47.4 Å². The zero-order chi connectivity index (χ0) is 13.4. The van der Waals surface area contributed by atoms with Crippen molar-refractivity contribution in [3.8, 4) is 5.69 Å². The number of nitrogens with one attached hydrogen (secondary N) is 1. The molecule has 0 unspecified atom stereocenters. The third-order valence-corrected chi connectivity index (χ3v) is 3.25. The Morgan fingerprint density at radius 2 is 1.95 bits per heavy atom. The molecule has 2 aromatic heterocycles. The highest BCUT2D eigenvalue weighted by atomic mass is 32.1. The van der Waals surface area contributed by atoms with Crippen LogP contribution in [0, 0.1) is 11.7 Å². The lowest BCUT2D eigenvalue weighted by atomic mass is 10.2. The second kappa shape index (κ2) is 4.44. The summed E-state index contributed by atoms with van der Waals surface area (Å²) in [6.45, 7) is 2.00. The van der Waals surface area contributed by atoms with Crippen LogP contribution in [0.4, 0.5) is 0 Å². The van der Waals surface area contributed by atoms with E-state index in [1.807, 2.05) is 31.2 Å². The van der Waals surface area contributed by atoms with Gasteiger partial charge in [0.15, 0.2) is 4.77 Å². The summed E-state index contributed by atoms with van der Waals surface area (Å²) in [5, 5.41) is 0.525. The molecule has 0 saturated heterocycles. The second-order valence-corrected chi connectivity index (χ2v) is 4.69. The molecule has 0 spiro atoms. The van der Waals surface area contributed by atoms with E-state index in [-0.39, 0.29) is 5.56 Å². The Hall–Kier alpha value is -2.27. The number of H-pyrrole nitrogens is 1. The third kappa shape index (κ3) is 1.98. The van der Waals surface area contributed by atoms with Crippen LogP contribution in [0.2, 0.25) is 0 Å². The third-order valence-electron chi connectivity index (χ3n) is 2.96. The summed E-state index contributed by atoms with van der Waals surface area (Å²) in [6, 6.07) is 11.1. The van der Waals surface area contributed by atoms with Gasteiger partial charge in [0, 0.05) is 6.20 Å². The molecule has 1 N–H and O–H groups in total. The summed E-state index contributed by atoms with van der Waals surface area (Å²) in [6.07, 6.45) is 1.63. The molecule has 0 radical (unpaired) electrons. The fraction of sp³-hybridized carbons (Fsp3) is 0.0714. The van der Waals surface area contributed by atoms with Gasteiger partial charge in [0.2, 0.25) is 0 Å². The molecule has 3 aromatic rings. The Kier molecular flexibility index (Phi) is 2.76. The summed E-state index contributed by atoms with van der Waals surface area (Å²) in [7, 11) is 0. The first kappa shape index (κ1) is 11.8. The lowest BCUT2D eigenvalue weighted by Crippen LogP contribution is -2.20. The molecular formula is C14H11N3OS. The molecule has 0 aliphatic heterocycles. The number of hydrogen-bond donors (Lipinski definition) is 1. The molecule has 4 nitrogen and oxygen atoms in total. The first-order valence-electron chi connectivity index (χ1n) is 5.84. The fourth-order valence-electron chi connectivity index (χ4n) is 1.98. The van der Waals surface area contributed by atoms with Crippen LogP contribution in [-0.4, -0.2) is 14.5 Å². The van der Waals surface area contributed by atoms with Crippen molar-refractivity contribution < 1.29 is 0 Å². The highest BCUT2D eigenvalue weighted by Gasteiger charge is 2.07. The molecule has 1 aromatic carbocycles. The van der Waals surface area contributed by atoms with Crippen LogP contribution in [0.25, 0.3) is 16.7 Å². The number of pyridine rings is 1. The van der Waals surface area contributed by atoms with Gasteiger partial charge in [0.25, 0.3) is 5.56 Å². The Morgan fingerprint density at radius 3 is 2.68 bits per heavy atom. The Labute approximate surface area is 114 Å². The summed E-state index contributed by atoms with van der Waals surface area (Å²) in [5.41, 5.74) is 2.24. The van der Waals surface area contributed by atoms with Crippen molar-refractivity contribution >= 4 is 23.3 Å². The fourth-order valence-corrected chi connectivity index (χ4v) is 2.26. The van der Waals surface area contributed by atoms with E-state index in [1.165, 1.54) is 4.57 Å². The van der Waals surface area contributed by atoms with E-state index >= 15 is 0 Å². The van der Waals surface area contributed by atoms with Crippen LogP contribution < -0.4 is 5.56 Å². The maximum Gasteiger partial charge on any atom is 0.268 e. The van der Waals surface area contributed by atoms with E-state index in [4.69, 9.17) is 12.2 Å². The zero-order valence-electron chi connectivity index (χ0n) is 10.3. The number of hydrogen-bond acceptors (Lipinski definition) is 3. The average molecular weight is 269 g/mol. The minimum atomic E-state index is -0.157. The maximum absolute atomic E-state index is 12.5. The van der Waals surface area contributed by atoms with Gasteiger partial charge in [0.1, 0.15) is 5.65 Å². The van der Waals surface area contributed by atoms with Gasteiger partial charge in [-0.05, 0) is 43.4 Å². The molecule has 0 amide bonds. The quantitative estimate of drug-likeness (QED) is 0.691. The standard InChI is InChI=1S/C14H11N3OS/c1-9-4-6-10(7-5-9)17-13(18)11-3-2-8-15-12(11)16-14(17)19/h2-8H,1H3,(H,15,16,19). The molecular weight excluding hydrogens is 258 g/mol. The first-order valence-corrected chi connectivity index (χ1v) is 6.25. The molecule has 0 bridgehead atoms. The molecule has 0 aliphatic rings. The number of aromatic amines is 1. The molecule has 2 heterocycles. The molecule has 0 atom stereocenters. The Morgan fingerprint density at radius 1 is 1.21 bits per heavy atom. The summed E-state index contributed by atoms with van der Waals surface area (Å²) in [4.78, 5) is 19.6. The lowest BCUT2D eigenvalue weighted by Gasteiger charge is -2.07.